The summed E-state index contributed by atoms with van der Waals surface area (Å²) in [6.45, 7) is 1.93. The van der Waals surface area contributed by atoms with Crippen molar-refractivity contribution in [3.63, 3.8) is 0 Å². The van der Waals surface area contributed by atoms with Gasteiger partial charge in [0, 0.05) is 10.7 Å². The van der Waals surface area contributed by atoms with Gasteiger partial charge in [-0.05, 0) is 36.8 Å². The fourth-order valence-corrected chi connectivity index (χ4v) is 4.60. The minimum Gasteiger partial charge on any atom is -0.374 e. The molecule has 0 aliphatic carbocycles. The van der Waals surface area contributed by atoms with Crippen LogP contribution >= 0.6 is 34.7 Å². The van der Waals surface area contributed by atoms with E-state index in [9.17, 15) is 4.79 Å². The minimum atomic E-state index is -0.305. The van der Waals surface area contributed by atoms with Crippen LogP contribution in [0.3, 0.4) is 0 Å². The van der Waals surface area contributed by atoms with Crippen LogP contribution in [-0.2, 0) is 4.79 Å². The molecule has 1 aliphatic rings. The Morgan fingerprint density at radius 2 is 1.83 bits per heavy atom. The van der Waals surface area contributed by atoms with Gasteiger partial charge in [0.1, 0.15) is 5.84 Å². The fourth-order valence-electron chi connectivity index (χ4n) is 3.04. The Morgan fingerprint density at radius 1 is 1.13 bits per heavy atom. The molecule has 1 amide bonds. The molecule has 0 radical (unpaired) electrons. The molecule has 3 N–H and O–H groups in total. The Balaban J connectivity index is 1.63. The zero-order chi connectivity index (χ0) is 21.1. The lowest BCUT2D eigenvalue weighted by Crippen LogP contribution is -2.38. The van der Waals surface area contributed by atoms with E-state index >= 15 is 0 Å². The standard InChI is InChI=1S/C20H17ClN6OS2/c1-11-17(12-6-8-13(21)9-7-12)18(24-15-5-3-2-4-14(15)23-11)25-16(28)10-29-20-27-26-19(22)30-20/h2-9,17H,10H2,1H3,(H2,22,26)(H,24,25,28)/t17-/m1/s1. The van der Waals surface area contributed by atoms with E-state index in [0.717, 1.165) is 17.0 Å². The highest BCUT2D eigenvalue weighted by Crippen LogP contribution is 2.34. The fraction of sp³-hybridized carbons (Fsp3) is 0.150. The number of benzene rings is 2. The van der Waals surface area contributed by atoms with E-state index in [4.69, 9.17) is 27.3 Å². The number of aromatic nitrogens is 2. The van der Waals surface area contributed by atoms with E-state index in [1.807, 2.05) is 55.5 Å². The zero-order valence-electron chi connectivity index (χ0n) is 15.9. The van der Waals surface area contributed by atoms with Gasteiger partial charge in [-0.15, -0.1) is 10.2 Å². The molecule has 3 aromatic rings. The van der Waals surface area contributed by atoms with Gasteiger partial charge in [0.05, 0.1) is 23.0 Å². The van der Waals surface area contributed by atoms with E-state index in [0.29, 0.717) is 26.0 Å². The number of para-hydroxylation sites is 2. The predicted molar refractivity (Wildman–Crippen MR) is 124 cm³/mol. The number of nitrogen functional groups attached to an aromatic ring is 1. The van der Waals surface area contributed by atoms with Crippen LogP contribution in [0, 0.1) is 0 Å². The largest absolute Gasteiger partial charge is 0.374 e. The molecule has 1 atom stereocenters. The normalized spacial score (nSPS) is 15.6. The molecule has 0 unspecified atom stereocenters. The predicted octanol–water partition coefficient (Wildman–Crippen LogP) is 4.60. The lowest BCUT2D eigenvalue weighted by atomic mass is 9.93. The third kappa shape index (κ3) is 4.69. The number of carbonyl (C=O) groups is 1. The number of hydrogen-bond acceptors (Lipinski definition) is 8. The van der Waals surface area contributed by atoms with Crippen LogP contribution in [0.5, 0.6) is 0 Å². The number of anilines is 1. The molecule has 0 saturated heterocycles. The van der Waals surface area contributed by atoms with Crippen LogP contribution in [0.25, 0.3) is 0 Å². The maximum atomic E-state index is 12.7. The Morgan fingerprint density at radius 3 is 2.50 bits per heavy atom. The number of hydrogen-bond donors (Lipinski definition) is 2. The van der Waals surface area contributed by atoms with Crippen LogP contribution in [0.4, 0.5) is 16.5 Å². The molecule has 0 bridgehead atoms. The Bertz CT molecular complexity index is 1140. The maximum absolute atomic E-state index is 12.7. The number of thioether (sulfide) groups is 1. The number of amides is 1. The van der Waals surface area contributed by atoms with E-state index in [1.54, 1.807) is 0 Å². The number of rotatable bonds is 4. The molecule has 4 rings (SSSR count). The minimum absolute atomic E-state index is 0.166. The number of carbonyl (C=O) groups excluding carboxylic acids is 1. The van der Waals surface area contributed by atoms with Crippen molar-refractivity contribution in [3.05, 3.63) is 59.1 Å². The first-order valence-corrected chi connectivity index (χ1v) is 11.2. The SMILES string of the molecule is CC1=Nc2ccccc2N=C(NC(=O)CSc2nnc(N)s2)[C@H]1c1ccc(Cl)cc1. The first kappa shape index (κ1) is 20.5. The van der Waals surface area contributed by atoms with E-state index in [1.165, 1.54) is 23.1 Å². The summed E-state index contributed by atoms with van der Waals surface area (Å²) in [5.41, 5.74) is 8.82. The van der Waals surface area contributed by atoms with Gasteiger partial charge in [-0.2, -0.15) is 0 Å². The summed E-state index contributed by atoms with van der Waals surface area (Å²) >= 11 is 8.59. The third-order valence-electron chi connectivity index (χ3n) is 4.33. The molecule has 2 aromatic carbocycles. The summed E-state index contributed by atoms with van der Waals surface area (Å²) in [4.78, 5) is 22.2. The molecule has 0 fully saturated rings. The second-order valence-electron chi connectivity index (χ2n) is 6.47. The summed E-state index contributed by atoms with van der Waals surface area (Å²) in [6.07, 6.45) is 0. The number of nitrogens with two attached hydrogens (primary N) is 1. The Hall–Kier alpha value is -2.75. The molecule has 152 valence electrons. The molecule has 30 heavy (non-hydrogen) atoms. The summed E-state index contributed by atoms with van der Waals surface area (Å²) in [7, 11) is 0. The average Bonchev–Trinajstić information content (AvgIpc) is 3.08. The number of nitrogens with one attached hydrogen (secondary N) is 1. The monoisotopic (exact) mass is 456 g/mol. The van der Waals surface area contributed by atoms with Crippen molar-refractivity contribution in [1.29, 1.82) is 0 Å². The van der Waals surface area contributed by atoms with Crippen LogP contribution in [0.15, 0.2) is 62.9 Å². The van der Waals surface area contributed by atoms with Crippen molar-refractivity contribution >= 4 is 68.7 Å². The van der Waals surface area contributed by atoms with Crippen molar-refractivity contribution in [3.8, 4) is 0 Å². The highest BCUT2D eigenvalue weighted by molar-refractivity contribution is 8.01. The molecule has 2 heterocycles. The Kier molecular flexibility index (Phi) is 6.12. The first-order valence-electron chi connectivity index (χ1n) is 8.99. The number of aliphatic imine (C=N–C) groups is 2. The maximum Gasteiger partial charge on any atom is 0.235 e. The summed E-state index contributed by atoms with van der Waals surface area (Å²) < 4.78 is 0.641. The quantitative estimate of drug-likeness (QED) is 0.558. The number of amidine groups is 1. The molecule has 0 spiro atoms. The van der Waals surface area contributed by atoms with Crippen molar-refractivity contribution < 1.29 is 4.79 Å². The molecular weight excluding hydrogens is 440 g/mol. The zero-order valence-corrected chi connectivity index (χ0v) is 18.3. The second-order valence-corrected chi connectivity index (χ2v) is 9.13. The lowest BCUT2D eigenvalue weighted by Gasteiger charge is -2.19. The van der Waals surface area contributed by atoms with Gasteiger partial charge in [-0.1, -0.05) is 59.0 Å². The van der Waals surface area contributed by atoms with Gasteiger partial charge in [0.25, 0.3) is 0 Å². The summed E-state index contributed by atoms with van der Waals surface area (Å²) in [5.74, 6) is 0.184. The van der Waals surface area contributed by atoms with E-state index in [-0.39, 0.29) is 17.6 Å². The molecule has 0 saturated carbocycles. The Labute approximate surface area is 186 Å². The van der Waals surface area contributed by atoms with Crippen molar-refractivity contribution in [2.75, 3.05) is 11.5 Å². The number of fused-ring (bicyclic) bond motifs is 1. The van der Waals surface area contributed by atoms with Crippen molar-refractivity contribution in [1.82, 2.24) is 15.5 Å². The lowest BCUT2D eigenvalue weighted by molar-refractivity contribution is -0.117. The highest BCUT2D eigenvalue weighted by Gasteiger charge is 2.26. The second kappa shape index (κ2) is 8.95. The van der Waals surface area contributed by atoms with E-state index < -0.39 is 0 Å². The smallest absolute Gasteiger partial charge is 0.235 e. The van der Waals surface area contributed by atoms with Crippen LogP contribution < -0.4 is 11.1 Å². The summed E-state index contributed by atoms with van der Waals surface area (Å²) in [6, 6.07) is 15.1. The molecule has 7 nitrogen and oxygen atoms in total. The van der Waals surface area contributed by atoms with Crippen LogP contribution in [0.1, 0.15) is 18.4 Å². The molecule has 10 heteroatoms. The van der Waals surface area contributed by atoms with Crippen LogP contribution in [-0.4, -0.2) is 33.4 Å². The van der Waals surface area contributed by atoms with Gasteiger partial charge < -0.3 is 11.1 Å². The molecule has 1 aliphatic heterocycles. The van der Waals surface area contributed by atoms with Crippen molar-refractivity contribution in [2.24, 2.45) is 9.98 Å². The van der Waals surface area contributed by atoms with Gasteiger partial charge in [-0.3, -0.25) is 9.79 Å². The van der Waals surface area contributed by atoms with Crippen molar-refractivity contribution in [2.45, 2.75) is 17.2 Å². The van der Waals surface area contributed by atoms with Gasteiger partial charge in [0.15, 0.2) is 4.34 Å². The van der Waals surface area contributed by atoms with Gasteiger partial charge in [-0.25, -0.2) is 4.99 Å². The molecule has 1 aromatic heterocycles. The average molecular weight is 457 g/mol. The van der Waals surface area contributed by atoms with E-state index in [2.05, 4.69) is 15.5 Å². The number of nitrogens with zero attached hydrogens (tertiary/aromatic N) is 4. The van der Waals surface area contributed by atoms with Gasteiger partial charge in [0.2, 0.25) is 11.0 Å². The summed E-state index contributed by atoms with van der Waals surface area (Å²) in [5, 5.41) is 11.7. The first-order chi connectivity index (χ1) is 14.5. The highest BCUT2D eigenvalue weighted by atomic mass is 35.5. The van der Waals surface area contributed by atoms with Gasteiger partial charge >= 0.3 is 0 Å². The molecular formula is C20H17ClN6OS2. The van der Waals surface area contributed by atoms with Crippen LogP contribution in [0.2, 0.25) is 5.02 Å². The number of halogens is 1. The topological polar surface area (TPSA) is 106 Å². The third-order valence-corrected chi connectivity index (χ3v) is 6.47.